The van der Waals surface area contributed by atoms with Crippen LogP contribution in [0.5, 0.6) is 0 Å². The standard InChI is InChI=1S/C14H20Br2N2/c1-2-7-17-12-5-8-18(9-6-12)14-10-11(15)3-4-13(14)16/h3-4,10,12,17H,2,5-9H2,1H3. The van der Waals surface area contributed by atoms with E-state index in [9.17, 15) is 0 Å². The molecule has 1 aliphatic heterocycles. The summed E-state index contributed by atoms with van der Waals surface area (Å²) in [5.41, 5.74) is 1.30. The van der Waals surface area contributed by atoms with Crippen molar-refractivity contribution in [3.8, 4) is 0 Å². The molecule has 1 aromatic carbocycles. The van der Waals surface area contributed by atoms with Gasteiger partial charge < -0.3 is 10.2 Å². The molecule has 0 bridgehead atoms. The Kier molecular flexibility index (Phi) is 5.52. The highest BCUT2D eigenvalue weighted by molar-refractivity contribution is 9.11. The lowest BCUT2D eigenvalue weighted by Crippen LogP contribution is -2.42. The second kappa shape index (κ2) is 6.92. The Labute approximate surface area is 126 Å². The molecule has 0 radical (unpaired) electrons. The van der Waals surface area contributed by atoms with E-state index in [1.807, 2.05) is 0 Å². The van der Waals surface area contributed by atoms with E-state index in [4.69, 9.17) is 0 Å². The molecule has 0 aromatic heterocycles. The highest BCUT2D eigenvalue weighted by Gasteiger charge is 2.20. The molecule has 1 aliphatic rings. The maximum absolute atomic E-state index is 3.64. The third-order valence-electron chi connectivity index (χ3n) is 3.43. The summed E-state index contributed by atoms with van der Waals surface area (Å²) in [6, 6.07) is 7.08. The molecule has 0 saturated carbocycles. The lowest BCUT2D eigenvalue weighted by Gasteiger charge is -2.34. The van der Waals surface area contributed by atoms with E-state index < -0.39 is 0 Å². The van der Waals surface area contributed by atoms with Gasteiger partial charge in [0.2, 0.25) is 0 Å². The molecule has 1 aromatic rings. The second-order valence-electron chi connectivity index (χ2n) is 4.81. The Balaban J connectivity index is 1.94. The molecular weight excluding hydrogens is 356 g/mol. The third-order valence-corrected chi connectivity index (χ3v) is 4.59. The molecule has 2 rings (SSSR count). The van der Waals surface area contributed by atoms with Crippen LogP contribution in [0.4, 0.5) is 5.69 Å². The summed E-state index contributed by atoms with van der Waals surface area (Å²) in [4.78, 5) is 2.47. The monoisotopic (exact) mass is 374 g/mol. The highest BCUT2D eigenvalue weighted by Crippen LogP contribution is 2.31. The van der Waals surface area contributed by atoms with Crippen molar-refractivity contribution in [1.29, 1.82) is 0 Å². The molecule has 0 amide bonds. The predicted octanol–water partition coefficient (Wildman–Crippen LogP) is 4.18. The summed E-state index contributed by atoms with van der Waals surface area (Å²) < 4.78 is 2.33. The van der Waals surface area contributed by atoms with Gasteiger partial charge in [0, 0.05) is 28.1 Å². The average molecular weight is 376 g/mol. The summed E-state index contributed by atoms with van der Waals surface area (Å²) in [6.45, 7) is 5.64. The maximum Gasteiger partial charge on any atom is 0.0521 e. The minimum atomic E-state index is 0.701. The number of hydrogen-bond acceptors (Lipinski definition) is 2. The van der Waals surface area contributed by atoms with Crippen molar-refractivity contribution in [1.82, 2.24) is 5.32 Å². The molecule has 0 aliphatic carbocycles. The molecule has 2 nitrogen and oxygen atoms in total. The van der Waals surface area contributed by atoms with Crippen LogP contribution < -0.4 is 10.2 Å². The van der Waals surface area contributed by atoms with E-state index in [1.54, 1.807) is 0 Å². The minimum Gasteiger partial charge on any atom is -0.370 e. The molecule has 1 heterocycles. The van der Waals surface area contributed by atoms with Gasteiger partial charge in [0.15, 0.2) is 0 Å². The summed E-state index contributed by atoms with van der Waals surface area (Å²) in [7, 11) is 0. The number of anilines is 1. The van der Waals surface area contributed by atoms with Gasteiger partial charge in [-0.3, -0.25) is 0 Å². The van der Waals surface area contributed by atoms with E-state index in [0.29, 0.717) is 6.04 Å². The summed E-state index contributed by atoms with van der Waals surface area (Å²) in [5, 5.41) is 3.62. The van der Waals surface area contributed by atoms with Crippen LogP contribution >= 0.6 is 31.9 Å². The molecule has 100 valence electrons. The van der Waals surface area contributed by atoms with Gasteiger partial charge in [-0.05, 0) is 59.9 Å². The fourth-order valence-corrected chi connectivity index (χ4v) is 3.25. The van der Waals surface area contributed by atoms with Crippen molar-refractivity contribution in [2.75, 3.05) is 24.5 Å². The van der Waals surface area contributed by atoms with E-state index in [2.05, 4.69) is 67.2 Å². The van der Waals surface area contributed by atoms with E-state index in [0.717, 1.165) is 24.1 Å². The lowest BCUT2D eigenvalue weighted by molar-refractivity contribution is 0.415. The smallest absolute Gasteiger partial charge is 0.0521 e. The van der Waals surface area contributed by atoms with Crippen molar-refractivity contribution >= 4 is 37.5 Å². The van der Waals surface area contributed by atoms with Crippen molar-refractivity contribution < 1.29 is 0 Å². The van der Waals surface area contributed by atoms with Crippen LogP contribution in [0.3, 0.4) is 0 Å². The highest BCUT2D eigenvalue weighted by atomic mass is 79.9. The normalized spacial score (nSPS) is 17.2. The van der Waals surface area contributed by atoms with Crippen LogP contribution in [0, 0.1) is 0 Å². The molecule has 0 spiro atoms. The van der Waals surface area contributed by atoms with Crippen LogP contribution in [-0.2, 0) is 0 Å². The van der Waals surface area contributed by atoms with Gasteiger partial charge >= 0.3 is 0 Å². The van der Waals surface area contributed by atoms with Gasteiger partial charge in [-0.15, -0.1) is 0 Å². The van der Waals surface area contributed by atoms with E-state index in [1.165, 1.54) is 29.4 Å². The molecule has 0 atom stereocenters. The van der Waals surface area contributed by atoms with Gasteiger partial charge in [0.25, 0.3) is 0 Å². The molecule has 1 saturated heterocycles. The number of nitrogens with zero attached hydrogens (tertiary/aromatic N) is 1. The number of hydrogen-bond donors (Lipinski definition) is 1. The minimum absolute atomic E-state index is 0.701. The van der Waals surface area contributed by atoms with Crippen LogP contribution in [0.15, 0.2) is 27.1 Å². The first-order valence-corrected chi connectivity index (χ1v) is 8.22. The summed E-state index contributed by atoms with van der Waals surface area (Å²) >= 11 is 7.19. The Hall–Kier alpha value is -0.0600. The number of piperidine rings is 1. The van der Waals surface area contributed by atoms with Crippen molar-refractivity contribution in [2.45, 2.75) is 32.2 Å². The van der Waals surface area contributed by atoms with Crippen molar-refractivity contribution in [2.24, 2.45) is 0 Å². The SMILES string of the molecule is CCCNC1CCN(c2cc(Br)ccc2Br)CC1. The van der Waals surface area contributed by atoms with Crippen LogP contribution in [0.25, 0.3) is 0 Å². The number of rotatable bonds is 4. The van der Waals surface area contributed by atoms with Gasteiger partial charge in [-0.1, -0.05) is 22.9 Å². The second-order valence-corrected chi connectivity index (χ2v) is 6.58. The first-order valence-electron chi connectivity index (χ1n) is 6.64. The van der Waals surface area contributed by atoms with Gasteiger partial charge in [-0.25, -0.2) is 0 Å². The summed E-state index contributed by atoms with van der Waals surface area (Å²) in [5.74, 6) is 0. The Bertz CT molecular complexity index is 387. The van der Waals surface area contributed by atoms with Gasteiger partial charge in [0.05, 0.1) is 5.69 Å². The fourth-order valence-electron chi connectivity index (χ4n) is 2.40. The zero-order chi connectivity index (χ0) is 13.0. The topological polar surface area (TPSA) is 15.3 Å². The Morgan fingerprint density at radius 1 is 1.28 bits per heavy atom. The Morgan fingerprint density at radius 3 is 2.67 bits per heavy atom. The summed E-state index contributed by atoms with van der Waals surface area (Å²) in [6.07, 6.45) is 3.69. The molecule has 1 N–H and O–H groups in total. The van der Waals surface area contributed by atoms with Crippen LogP contribution in [0.2, 0.25) is 0 Å². The van der Waals surface area contributed by atoms with Crippen molar-refractivity contribution in [3.63, 3.8) is 0 Å². The molecular formula is C14H20Br2N2. The van der Waals surface area contributed by atoms with Gasteiger partial charge in [-0.2, -0.15) is 0 Å². The quantitative estimate of drug-likeness (QED) is 0.849. The Morgan fingerprint density at radius 2 is 2.00 bits per heavy atom. The zero-order valence-electron chi connectivity index (χ0n) is 10.8. The van der Waals surface area contributed by atoms with E-state index >= 15 is 0 Å². The zero-order valence-corrected chi connectivity index (χ0v) is 13.9. The third kappa shape index (κ3) is 3.72. The molecule has 0 unspecified atom stereocenters. The molecule has 18 heavy (non-hydrogen) atoms. The largest absolute Gasteiger partial charge is 0.370 e. The number of halogens is 2. The molecule has 1 fully saturated rings. The average Bonchev–Trinajstić information content (AvgIpc) is 2.40. The van der Waals surface area contributed by atoms with Gasteiger partial charge in [0.1, 0.15) is 0 Å². The number of nitrogens with one attached hydrogen (secondary N) is 1. The maximum atomic E-state index is 3.64. The molecule has 4 heteroatoms. The predicted molar refractivity (Wildman–Crippen MR) is 85.4 cm³/mol. The number of benzene rings is 1. The van der Waals surface area contributed by atoms with Crippen molar-refractivity contribution in [3.05, 3.63) is 27.1 Å². The lowest BCUT2D eigenvalue weighted by atomic mass is 10.0. The van der Waals surface area contributed by atoms with Crippen LogP contribution in [-0.4, -0.2) is 25.7 Å². The first kappa shape index (κ1) is 14.4. The fraction of sp³-hybridized carbons (Fsp3) is 0.571. The van der Waals surface area contributed by atoms with Crippen LogP contribution in [0.1, 0.15) is 26.2 Å². The first-order chi connectivity index (χ1) is 8.70. The van der Waals surface area contributed by atoms with E-state index in [-0.39, 0.29) is 0 Å².